The Balaban J connectivity index is 1.45. The van der Waals surface area contributed by atoms with Gasteiger partial charge in [0.25, 0.3) is 0 Å². The molecule has 156 valence electrons. The van der Waals surface area contributed by atoms with E-state index in [1.165, 1.54) is 11.1 Å². The van der Waals surface area contributed by atoms with E-state index < -0.39 is 29.6 Å². The molecule has 0 unspecified atom stereocenters. The summed E-state index contributed by atoms with van der Waals surface area (Å²) in [5.41, 5.74) is 4.19. The van der Waals surface area contributed by atoms with Crippen molar-refractivity contribution < 1.29 is 19.4 Å². The third-order valence-electron chi connectivity index (χ3n) is 6.77. The predicted octanol–water partition coefficient (Wildman–Crippen LogP) is 4.60. The zero-order chi connectivity index (χ0) is 21.4. The molecule has 0 radical (unpaired) electrons. The predicted molar refractivity (Wildman–Crippen MR) is 117 cm³/mol. The number of carboxylic acid groups (broad SMARTS) is 1. The molecule has 5 rings (SSSR count). The van der Waals surface area contributed by atoms with E-state index in [0.717, 1.165) is 11.1 Å². The van der Waals surface area contributed by atoms with Crippen LogP contribution in [0.25, 0.3) is 0 Å². The third kappa shape index (κ3) is 3.52. The van der Waals surface area contributed by atoms with Gasteiger partial charge < -0.3 is 9.84 Å². The lowest BCUT2D eigenvalue weighted by molar-refractivity contribution is -0.167. The van der Waals surface area contributed by atoms with Crippen LogP contribution >= 0.6 is 0 Å². The molecule has 0 aliphatic heterocycles. The molecule has 2 aliphatic rings. The van der Waals surface area contributed by atoms with E-state index in [1.807, 2.05) is 72.8 Å². The van der Waals surface area contributed by atoms with Gasteiger partial charge in [0.05, 0.1) is 11.8 Å². The Labute approximate surface area is 181 Å². The average molecular weight is 412 g/mol. The quantitative estimate of drug-likeness (QED) is 0.623. The maximum Gasteiger partial charge on any atom is 0.310 e. The number of aliphatic carboxylic acids is 1. The van der Waals surface area contributed by atoms with E-state index in [9.17, 15) is 14.7 Å². The van der Waals surface area contributed by atoms with Crippen LogP contribution in [0.5, 0.6) is 0 Å². The summed E-state index contributed by atoms with van der Waals surface area (Å²) in [6, 6.07) is 27.2. The van der Waals surface area contributed by atoms with E-state index in [2.05, 4.69) is 12.1 Å². The van der Waals surface area contributed by atoms with Crippen LogP contribution in [0.15, 0.2) is 84.9 Å². The van der Waals surface area contributed by atoms with E-state index in [1.54, 1.807) is 0 Å². The molecule has 4 nitrogen and oxygen atoms in total. The van der Waals surface area contributed by atoms with Crippen LogP contribution in [0, 0.1) is 11.8 Å². The second-order valence-corrected chi connectivity index (χ2v) is 8.50. The summed E-state index contributed by atoms with van der Waals surface area (Å²) in [7, 11) is 0. The molecule has 0 saturated heterocycles. The highest BCUT2D eigenvalue weighted by atomic mass is 16.5. The number of carboxylic acids is 1. The fourth-order valence-corrected chi connectivity index (χ4v) is 5.37. The van der Waals surface area contributed by atoms with Crippen LogP contribution < -0.4 is 0 Å². The molecule has 0 bridgehead atoms. The molecule has 4 heteroatoms. The fraction of sp³-hybridized carbons (Fsp3) is 0.259. The molecule has 1 fully saturated rings. The lowest BCUT2D eigenvalue weighted by atomic mass is 9.52. The first-order valence-corrected chi connectivity index (χ1v) is 10.7. The van der Waals surface area contributed by atoms with E-state index in [0.29, 0.717) is 12.8 Å². The summed E-state index contributed by atoms with van der Waals surface area (Å²) < 4.78 is 6.00. The lowest BCUT2D eigenvalue weighted by Crippen LogP contribution is -2.52. The number of ether oxygens (including phenoxy) is 1. The van der Waals surface area contributed by atoms with Gasteiger partial charge in [-0.05, 0) is 22.3 Å². The molecule has 0 amide bonds. The van der Waals surface area contributed by atoms with Gasteiger partial charge in [0.2, 0.25) is 0 Å². The summed E-state index contributed by atoms with van der Waals surface area (Å²) in [6.07, 6.45) is 1.23. The summed E-state index contributed by atoms with van der Waals surface area (Å²) >= 11 is 0. The monoisotopic (exact) mass is 412 g/mol. The SMILES string of the molecule is O=C(O)[C@H]1[C@H](c2ccccc2)[C@H](C(=O)OC2Cc3ccccc3C2)[C@H]1c1ccccc1. The van der Waals surface area contributed by atoms with E-state index >= 15 is 0 Å². The molecule has 31 heavy (non-hydrogen) atoms. The molecular weight excluding hydrogens is 388 g/mol. The normalized spacial score (nSPS) is 24.8. The number of carbonyl (C=O) groups is 2. The van der Waals surface area contributed by atoms with Crippen molar-refractivity contribution in [3.8, 4) is 0 Å². The molecule has 1 saturated carbocycles. The Bertz CT molecular complexity index is 1020. The Morgan fingerprint density at radius 1 is 0.677 bits per heavy atom. The number of rotatable bonds is 5. The molecule has 2 aliphatic carbocycles. The molecule has 3 aromatic rings. The average Bonchev–Trinajstić information content (AvgIpc) is 3.16. The highest BCUT2D eigenvalue weighted by Crippen LogP contribution is 2.58. The Morgan fingerprint density at radius 2 is 1.13 bits per heavy atom. The largest absolute Gasteiger partial charge is 0.481 e. The first-order valence-electron chi connectivity index (χ1n) is 10.7. The Hall–Kier alpha value is -3.40. The number of hydrogen-bond donors (Lipinski definition) is 1. The van der Waals surface area contributed by atoms with Gasteiger partial charge in [-0.25, -0.2) is 0 Å². The molecule has 0 heterocycles. The van der Waals surface area contributed by atoms with Gasteiger partial charge in [0.15, 0.2) is 0 Å². The summed E-state index contributed by atoms with van der Waals surface area (Å²) in [4.78, 5) is 25.7. The van der Waals surface area contributed by atoms with Crippen molar-refractivity contribution in [2.75, 3.05) is 0 Å². The number of hydrogen-bond acceptors (Lipinski definition) is 3. The number of fused-ring (bicyclic) bond motifs is 1. The maximum absolute atomic E-state index is 13.5. The highest BCUT2D eigenvalue weighted by Gasteiger charge is 2.59. The van der Waals surface area contributed by atoms with Gasteiger partial charge in [-0.1, -0.05) is 84.9 Å². The van der Waals surface area contributed by atoms with Crippen molar-refractivity contribution >= 4 is 11.9 Å². The zero-order valence-electron chi connectivity index (χ0n) is 17.1. The van der Waals surface area contributed by atoms with Crippen molar-refractivity contribution in [1.82, 2.24) is 0 Å². The van der Waals surface area contributed by atoms with E-state index in [-0.39, 0.29) is 12.1 Å². The van der Waals surface area contributed by atoms with Crippen LogP contribution in [0.4, 0.5) is 0 Å². The first-order chi connectivity index (χ1) is 15.1. The summed E-state index contributed by atoms with van der Waals surface area (Å²) in [5.74, 6) is -3.16. The zero-order valence-corrected chi connectivity index (χ0v) is 17.1. The molecule has 0 aromatic heterocycles. The summed E-state index contributed by atoms with van der Waals surface area (Å²) in [6.45, 7) is 0. The second kappa shape index (κ2) is 8.03. The van der Waals surface area contributed by atoms with Crippen LogP contribution in [-0.4, -0.2) is 23.1 Å². The van der Waals surface area contributed by atoms with Gasteiger partial charge >= 0.3 is 11.9 Å². The third-order valence-corrected chi connectivity index (χ3v) is 6.77. The number of benzene rings is 3. The van der Waals surface area contributed by atoms with Gasteiger partial charge in [-0.15, -0.1) is 0 Å². The molecule has 1 N–H and O–H groups in total. The van der Waals surface area contributed by atoms with Crippen LogP contribution in [0.1, 0.15) is 34.1 Å². The van der Waals surface area contributed by atoms with Crippen LogP contribution in [0.3, 0.4) is 0 Å². The van der Waals surface area contributed by atoms with Gasteiger partial charge in [-0.2, -0.15) is 0 Å². The number of carbonyl (C=O) groups excluding carboxylic acids is 1. The lowest BCUT2D eigenvalue weighted by Gasteiger charge is -2.49. The fourth-order valence-electron chi connectivity index (χ4n) is 5.37. The van der Waals surface area contributed by atoms with Crippen molar-refractivity contribution in [3.05, 3.63) is 107 Å². The van der Waals surface area contributed by atoms with E-state index in [4.69, 9.17) is 4.74 Å². The van der Waals surface area contributed by atoms with Crippen LogP contribution in [0.2, 0.25) is 0 Å². The maximum atomic E-state index is 13.5. The molecule has 2 atom stereocenters. The minimum Gasteiger partial charge on any atom is -0.481 e. The standard InChI is InChI=1S/C27H24O4/c28-26(29)24-22(17-9-3-1-4-10-17)25(23(24)18-11-5-2-6-12-18)27(30)31-21-15-19-13-7-8-14-20(19)16-21/h1-14,21-25H,15-16H2,(H,28,29)/t22-,23-,24-,25-/m0/s1. The Kier molecular flexibility index (Phi) is 5.06. The second-order valence-electron chi connectivity index (χ2n) is 8.50. The minimum absolute atomic E-state index is 0.193. The van der Waals surface area contributed by atoms with Crippen LogP contribution in [-0.2, 0) is 27.2 Å². The highest BCUT2D eigenvalue weighted by molar-refractivity contribution is 5.84. The number of esters is 1. The van der Waals surface area contributed by atoms with Gasteiger partial charge in [-0.3, -0.25) is 9.59 Å². The van der Waals surface area contributed by atoms with Crippen molar-refractivity contribution in [1.29, 1.82) is 0 Å². The molecule has 0 spiro atoms. The molecular formula is C27H24O4. The van der Waals surface area contributed by atoms with Gasteiger partial charge in [0.1, 0.15) is 6.10 Å². The summed E-state index contributed by atoms with van der Waals surface area (Å²) in [5, 5.41) is 10.0. The minimum atomic E-state index is -0.875. The topological polar surface area (TPSA) is 63.6 Å². The first kappa shape index (κ1) is 19.6. The van der Waals surface area contributed by atoms with Crippen molar-refractivity contribution in [3.63, 3.8) is 0 Å². The van der Waals surface area contributed by atoms with Gasteiger partial charge in [0, 0.05) is 24.7 Å². The molecule has 3 aromatic carbocycles. The Morgan fingerprint density at radius 3 is 1.58 bits per heavy atom. The van der Waals surface area contributed by atoms with Crippen molar-refractivity contribution in [2.24, 2.45) is 11.8 Å². The van der Waals surface area contributed by atoms with Crippen molar-refractivity contribution in [2.45, 2.75) is 30.8 Å². The smallest absolute Gasteiger partial charge is 0.310 e.